The van der Waals surface area contributed by atoms with Gasteiger partial charge in [0.05, 0.1) is 0 Å². The molecule has 2 aliphatic carbocycles. The fourth-order valence-electron chi connectivity index (χ4n) is 2.52. The van der Waals surface area contributed by atoms with Gasteiger partial charge in [-0.2, -0.15) is 0 Å². The minimum atomic E-state index is 0.708. The Balaban J connectivity index is 0.000000371. The van der Waals surface area contributed by atoms with Gasteiger partial charge in [0, 0.05) is 0 Å². The molecule has 0 heteroatoms. The van der Waals surface area contributed by atoms with Crippen molar-refractivity contribution in [3.05, 3.63) is 53.1 Å². The van der Waals surface area contributed by atoms with Crippen molar-refractivity contribution in [3.63, 3.8) is 0 Å². The molecule has 0 spiro atoms. The van der Waals surface area contributed by atoms with Crippen LogP contribution in [0.25, 0.3) is 5.57 Å². The Kier molecular flexibility index (Phi) is 5.91. The number of hydrogen-bond acceptors (Lipinski definition) is 0. The lowest BCUT2D eigenvalue weighted by molar-refractivity contribution is 0.745. The number of benzene rings is 1. The van der Waals surface area contributed by atoms with Gasteiger partial charge in [0.25, 0.3) is 0 Å². The molecule has 0 aromatic heterocycles. The molecule has 0 nitrogen and oxygen atoms in total. The maximum absolute atomic E-state index is 2.34. The number of allylic oxidation sites excluding steroid dienone is 4. The predicted molar refractivity (Wildman–Crippen MR) is 82.7 cm³/mol. The molecular weight excluding hydrogens is 216 g/mol. The standard InChI is InChI=1S/C14H14.2C2H6/c1-10-6-7-12-9-11-4-2-3-5-13(11)14(12)8-10;2*1-2/h2-7,10H,8-9H2,1H3;2*1-2H3. The maximum atomic E-state index is 2.34. The molecule has 1 aromatic rings. The number of fused-ring (bicyclic) bond motifs is 2. The van der Waals surface area contributed by atoms with Crippen molar-refractivity contribution >= 4 is 5.57 Å². The summed E-state index contributed by atoms with van der Waals surface area (Å²) in [5.74, 6) is 0.708. The van der Waals surface area contributed by atoms with E-state index in [0.29, 0.717) is 5.92 Å². The van der Waals surface area contributed by atoms with Gasteiger partial charge in [0.2, 0.25) is 0 Å². The molecule has 2 aliphatic rings. The zero-order valence-electron chi connectivity index (χ0n) is 12.5. The molecule has 3 rings (SSSR count). The van der Waals surface area contributed by atoms with Crippen LogP contribution in [0.1, 0.15) is 52.2 Å². The number of hydrogen-bond donors (Lipinski definition) is 0. The Morgan fingerprint density at radius 1 is 1.00 bits per heavy atom. The van der Waals surface area contributed by atoms with E-state index in [0.717, 1.165) is 6.42 Å². The zero-order chi connectivity index (χ0) is 13.5. The molecule has 0 heterocycles. The zero-order valence-corrected chi connectivity index (χ0v) is 12.5. The fourth-order valence-corrected chi connectivity index (χ4v) is 2.52. The van der Waals surface area contributed by atoms with E-state index >= 15 is 0 Å². The van der Waals surface area contributed by atoms with E-state index in [2.05, 4.69) is 43.3 Å². The quantitative estimate of drug-likeness (QED) is 0.552. The lowest BCUT2D eigenvalue weighted by Crippen LogP contribution is -1.97. The monoisotopic (exact) mass is 242 g/mol. The Bertz CT molecular complexity index is 435. The third-order valence-electron chi connectivity index (χ3n) is 3.26. The Morgan fingerprint density at radius 2 is 1.67 bits per heavy atom. The van der Waals surface area contributed by atoms with E-state index in [-0.39, 0.29) is 0 Å². The third-order valence-corrected chi connectivity index (χ3v) is 3.26. The van der Waals surface area contributed by atoms with Crippen LogP contribution < -0.4 is 0 Å². The van der Waals surface area contributed by atoms with Gasteiger partial charge in [0.15, 0.2) is 0 Å². The lowest BCUT2D eigenvalue weighted by Gasteiger charge is -2.14. The summed E-state index contributed by atoms with van der Waals surface area (Å²) in [5.41, 5.74) is 6.15. The first kappa shape index (κ1) is 14.8. The van der Waals surface area contributed by atoms with Crippen LogP contribution >= 0.6 is 0 Å². The second kappa shape index (κ2) is 7.20. The van der Waals surface area contributed by atoms with E-state index in [1.54, 1.807) is 11.1 Å². The normalized spacial score (nSPS) is 19.1. The van der Waals surface area contributed by atoms with Crippen LogP contribution in [0.15, 0.2) is 42.0 Å². The van der Waals surface area contributed by atoms with Gasteiger partial charge in [-0.05, 0) is 41.0 Å². The smallest absolute Gasteiger partial charge is 0.00169 e. The summed E-state index contributed by atoms with van der Waals surface area (Å²) in [6, 6.07) is 8.82. The molecule has 1 aromatic carbocycles. The van der Waals surface area contributed by atoms with Crippen molar-refractivity contribution in [2.24, 2.45) is 5.92 Å². The molecule has 0 N–H and O–H groups in total. The summed E-state index contributed by atoms with van der Waals surface area (Å²) >= 11 is 0. The van der Waals surface area contributed by atoms with Crippen molar-refractivity contribution in [3.8, 4) is 0 Å². The largest absolute Gasteiger partial charge is 0.0811 e. The summed E-state index contributed by atoms with van der Waals surface area (Å²) in [5, 5.41) is 0. The molecule has 18 heavy (non-hydrogen) atoms. The van der Waals surface area contributed by atoms with Crippen LogP contribution in [-0.2, 0) is 6.42 Å². The molecule has 98 valence electrons. The highest BCUT2D eigenvalue weighted by molar-refractivity contribution is 5.79. The van der Waals surface area contributed by atoms with Crippen molar-refractivity contribution in [2.45, 2.75) is 47.5 Å². The summed E-state index contributed by atoms with van der Waals surface area (Å²) in [6.07, 6.45) is 7.03. The van der Waals surface area contributed by atoms with Crippen LogP contribution in [0.5, 0.6) is 0 Å². The van der Waals surface area contributed by atoms with Gasteiger partial charge >= 0.3 is 0 Å². The van der Waals surface area contributed by atoms with E-state index < -0.39 is 0 Å². The second-order valence-electron chi connectivity index (χ2n) is 4.38. The Hall–Kier alpha value is -1.30. The third kappa shape index (κ3) is 2.93. The predicted octanol–water partition coefficient (Wildman–Crippen LogP) is 5.64. The van der Waals surface area contributed by atoms with Crippen LogP contribution in [0.4, 0.5) is 0 Å². The highest BCUT2D eigenvalue weighted by Gasteiger charge is 2.22. The molecule has 0 saturated carbocycles. The lowest BCUT2D eigenvalue weighted by atomic mass is 9.90. The van der Waals surface area contributed by atoms with E-state index in [4.69, 9.17) is 0 Å². The molecule has 0 fully saturated rings. The van der Waals surface area contributed by atoms with Crippen LogP contribution in [-0.4, -0.2) is 0 Å². The van der Waals surface area contributed by atoms with Gasteiger partial charge in [-0.1, -0.05) is 71.0 Å². The van der Waals surface area contributed by atoms with Gasteiger partial charge < -0.3 is 0 Å². The van der Waals surface area contributed by atoms with Crippen LogP contribution in [0.2, 0.25) is 0 Å². The van der Waals surface area contributed by atoms with Crippen molar-refractivity contribution in [1.82, 2.24) is 0 Å². The maximum Gasteiger partial charge on any atom is -0.00169 e. The van der Waals surface area contributed by atoms with Gasteiger partial charge in [0.1, 0.15) is 0 Å². The Labute approximate surface area is 112 Å². The fraction of sp³-hybridized carbons (Fsp3) is 0.444. The first-order valence-electron chi connectivity index (χ1n) is 7.33. The molecule has 0 amide bonds. The number of rotatable bonds is 0. The first-order chi connectivity index (χ1) is 8.84. The van der Waals surface area contributed by atoms with E-state index in [9.17, 15) is 0 Å². The molecule has 1 unspecified atom stereocenters. The molecule has 0 saturated heterocycles. The molecule has 0 bridgehead atoms. The second-order valence-corrected chi connectivity index (χ2v) is 4.38. The van der Waals surface area contributed by atoms with E-state index in [1.165, 1.54) is 17.5 Å². The van der Waals surface area contributed by atoms with Crippen molar-refractivity contribution in [1.29, 1.82) is 0 Å². The highest BCUT2D eigenvalue weighted by atomic mass is 14.3. The van der Waals surface area contributed by atoms with Crippen molar-refractivity contribution < 1.29 is 0 Å². The molecule has 0 aliphatic heterocycles. The van der Waals surface area contributed by atoms with Gasteiger partial charge in [-0.15, -0.1) is 0 Å². The molecule has 0 radical (unpaired) electrons. The van der Waals surface area contributed by atoms with Gasteiger partial charge in [-0.3, -0.25) is 0 Å². The van der Waals surface area contributed by atoms with E-state index in [1.807, 2.05) is 27.7 Å². The summed E-state index contributed by atoms with van der Waals surface area (Å²) in [7, 11) is 0. The summed E-state index contributed by atoms with van der Waals surface area (Å²) < 4.78 is 0. The van der Waals surface area contributed by atoms with Crippen molar-refractivity contribution in [2.75, 3.05) is 0 Å². The molecule has 1 atom stereocenters. The highest BCUT2D eigenvalue weighted by Crippen LogP contribution is 2.39. The summed E-state index contributed by atoms with van der Waals surface area (Å²) in [6.45, 7) is 10.3. The van der Waals surface area contributed by atoms with Crippen LogP contribution in [0, 0.1) is 5.92 Å². The minimum Gasteiger partial charge on any atom is -0.0811 e. The SMILES string of the molecule is CC.CC.CC1C=CC2=C(C1)c1ccccc1C2. The summed E-state index contributed by atoms with van der Waals surface area (Å²) in [4.78, 5) is 0. The minimum absolute atomic E-state index is 0.708. The average Bonchev–Trinajstić information content (AvgIpc) is 2.81. The van der Waals surface area contributed by atoms with Gasteiger partial charge in [-0.25, -0.2) is 0 Å². The topological polar surface area (TPSA) is 0 Å². The van der Waals surface area contributed by atoms with Crippen LogP contribution in [0.3, 0.4) is 0 Å². The first-order valence-corrected chi connectivity index (χ1v) is 7.33. The molecular formula is C18H26. The average molecular weight is 242 g/mol. The Morgan fingerprint density at radius 3 is 2.39 bits per heavy atom.